The molecule has 0 spiro atoms. The Balaban J connectivity index is 1.78. The molecule has 0 saturated carbocycles. The van der Waals surface area contributed by atoms with Crippen molar-refractivity contribution in [2.24, 2.45) is 11.8 Å². The smallest absolute Gasteiger partial charge is 0.323 e. The third-order valence-electron chi connectivity index (χ3n) is 7.00. The van der Waals surface area contributed by atoms with Crippen LogP contribution in [-0.4, -0.2) is 43.2 Å². The van der Waals surface area contributed by atoms with Gasteiger partial charge in [-0.2, -0.15) is 0 Å². The third-order valence-corrected chi connectivity index (χ3v) is 7.00. The van der Waals surface area contributed by atoms with Gasteiger partial charge in [-0.25, -0.2) is 0 Å². The molecule has 6 nitrogen and oxygen atoms in total. The van der Waals surface area contributed by atoms with Crippen molar-refractivity contribution in [1.29, 1.82) is 0 Å². The molecule has 0 aromatic heterocycles. The molecule has 1 aliphatic rings. The summed E-state index contributed by atoms with van der Waals surface area (Å²) in [4.78, 5) is 28.8. The number of esters is 2. The van der Waals surface area contributed by atoms with Gasteiger partial charge in [-0.1, -0.05) is 91.0 Å². The highest BCUT2D eigenvalue weighted by Gasteiger charge is 2.58. The van der Waals surface area contributed by atoms with E-state index in [9.17, 15) is 9.59 Å². The third kappa shape index (κ3) is 5.50. The number of nitrogens with zero attached hydrogens (tertiary/aromatic N) is 1. The summed E-state index contributed by atoms with van der Waals surface area (Å²) >= 11 is 0. The zero-order valence-electron chi connectivity index (χ0n) is 20.9. The van der Waals surface area contributed by atoms with Crippen molar-refractivity contribution in [3.8, 4) is 0 Å². The average molecular weight is 488 g/mol. The highest BCUT2D eigenvalue weighted by Crippen LogP contribution is 2.48. The van der Waals surface area contributed by atoms with E-state index in [0.29, 0.717) is 13.2 Å². The van der Waals surface area contributed by atoms with Crippen LogP contribution in [0.5, 0.6) is 0 Å². The van der Waals surface area contributed by atoms with E-state index in [-0.39, 0.29) is 5.97 Å². The van der Waals surface area contributed by atoms with Crippen LogP contribution < -0.4 is 0 Å². The number of benzene rings is 3. The van der Waals surface area contributed by atoms with Gasteiger partial charge >= 0.3 is 11.9 Å². The van der Waals surface area contributed by atoms with E-state index in [4.69, 9.17) is 14.2 Å². The van der Waals surface area contributed by atoms with Crippen LogP contribution in [0.1, 0.15) is 29.7 Å². The minimum absolute atomic E-state index is 0.367. The van der Waals surface area contributed by atoms with E-state index in [1.807, 2.05) is 97.9 Å². The summed E-state index contributed by atoms with van der Waals surface area (Å²) < 4.78 is 16.9. The van der Waals surface area contributed by atoms with Gasteiger partial charge < -0.3 is 14.2 Å². The molecule has 5 atom stereocenters. The quantitative estimate of drug-likeness (QED) is 0.404. The number of carbonyl (C=O) groups excluding carboxylic acids is 2. The van der Waals surface area contributed by atoms with Gasteiger partial charge in [-0.15, -0.1) is 0 Å². The lowest BCUT2D eigenvalue weighted by molar-refractivity contribution is -0.152. The van der Waals surface area contributed by atoms with Crippen molar-refractivity contribution in [2.75, 3.05) is 14.2 Å². The Hall–Kier alpha value is -3.48. The Morgan fingerprint density at radius 3 is 1.86 bits per heavy atom. The molecule has 0 aliphatic carbocycles. The maximum Gasteiger partial charge on any atom is 0.323 e. The van der Waals surface area contributed by atoms with Crippen LogP contribution in [0.25, 0.3) is 0 Å². The minimum atomic E-state index is -0.699. The SMILES string of the molecule is COC(=O)[C@H]1[C@H]([C@H](C)OCc2ccccc2)[C@@H](C(=O)OC)N(Cc2ccccc2)[C@H]1c1ccccc1. The van der Waals surface area contributed by atoms with Crippen molar-refractivity contribution in [3.63, 3.8) is 0 Å². The predicted octanol–water partition coefficient (Wildman–Crippen LogP) is 4.80. The summed E-state index contributed by atoms with van der Waals surface area (Å²) in [6.07, 6.45) is -0.426. The molecule has 0 amide bonds. The topological polar surface area (TPSA) is 65.1 Å². The summed E-state index contributed by atoms with van der Waals surface area (Å²) in [5.74, 6) is -1.87. The summed E-state index contributed by atoms with van der Waals surface area (Å²) in [6.45, 7) is 2.76. The first-order valence-corrected chi connectivity index (χ1v) is 12.2. The number of ether oxygens (including phenoxy) is 3. The summed E-state index contributed by atoms with van der Waals surface area (Å²) in [5, 5.41) is 0. The summed E-state index contributed by atoms with van der Waals surface area (Å²) in [7, 11) is 2.78. The molecular weight excluding hydrogens is 454 g/mol. The molecule has 36 heavy (non-hydrogen) atoms. The van der Waals surface area contributed by atoms with Crippen molar-refractivity contribution >= 4 is 11.9 Å². The lowest BCUT2D eigenvalue weighted by Gasteiger charge is -2.31. The minimum Gasteiger partial charge on any atom is -0.469 e. The van der Waals surface area contributed by atoms with Gasteiger partial charge in [-0.3, -0.25) is 14.5 Å². The fourth-order valence-corrected chi connectivity index (χ4v) is 5.34. The van der Waals surface area contributed by atoms with E-state index < -0.39 is 36.0 Å². The number of hydrogen-bond acceptors (Lipinski definition) is 6. The first-order chi connectivity index (χ1) is 17.5. The summed E-state index contributed by atoms with van der Waals surface area (Å²) in [5.41, 5.74) is 3.00. The highest BCUT2D eigenvalue weighted by atomic mass is 16.5. The molecule has 0 N–H and O–H groups in total. The molecule has 4 rings (SSSR count). The average Bonchev–Trinajstić information content (AvgIpc) is 3.27. The van der Waals surface area contributed by atoms with Crippen molar-refractivity contribution in [2.45, 2.75) is 38.3 Å². The first kappa shape index (κ1) is 25.6. The number of likely N-dealkylation sites (tertiary alicyclic amines) is 1. The molecule has 1 fully saturated rings. The van der Waals surface area contributed by atoms with E-state index in [2.05, 4.69) is 4.90 Å². The van der Waals surface area contributed by atoms with Gasteiger partial charge in [0.15, 0.2) is 0 Å². The Morgan fingerprint density at radius 1 is 0.778 bits per heavy atom. The Morgan fingerprint density at radius 2 is 1.31 bits per heavy atom. The molecule has 1 aliphatic heterocycles. The van der Waals surface area contributed by atoms with Crippen LogP contribution in [0.3, 0.4) is 0 Å². The number of hydrogen-bond donors (Lipinski definition) is 0. The number of carbonyl (C=O) groups is 2. The van der Waals surface area contributed by atoms with Crippen molar-refractivity contribution in [3.05, 3.63) is 108 Å². The number of rotatable bonds is 9. The van der Waals surface area contributed by atoms with Gasteiger partial charge in [0.2, 0.25) is 0 Å². The Labute approximate surface area is 212 Å². The van der Waals surface area contributed by atoms with Crippen LogP contribution in [0, 0.1) is 11.8 Å². The molecule has 1 saturated heterocycles. The molecule has 1 heterocycles. The Kier molecular flexibility index (Phi) is 8.52. The lowest BCUT2D eigenvalue weighted by Crippen LogP contribution is -2.45. The normalized spacial score (nSPS) is 22.6. The van der Waals surface area contributed by atoms with E-state index >= 15 is 0 Å². The molecule has 3 aromatic carbocycles. The van der Waals surface area contributed by atoms with Gasteiger partial charge in [0.1, 0.15) is 6.04 Å². The molecule has 0 bridgehead atoms. The van der Waals surface area contributed by atoms with Gasteiger partial charge in [0.05, 0.1) is 32.8 Å². The molecule has 6 heteroatoms. The molecule has 0 unspecified atom stereocenters. The van der Waals surface area contributed by atoms with E-state index in [0.717, 1.165) is 16.7 Å². The molecule has 0 radical (unpaired) electrons. The fourth-order valence-electron chi connectivity index (χ4n) is 5.34. The zero-order chi connectivity index (χ0) is 25.5. The van der Waals surface area contributed by atoms with Crippen LogP contribution in [0.2, 0.25) is 0 Å². The van der Waals surface area contributed by atoms with Crippen molar-refractivity contribution in [1.82, 2.24) is 4.90 Å². The second-order valence-corrected chi connectivity index (χ2v) is 9.11. The molecule has 188 valence electrons. The van der Waals surface area contributed by atoms with Crippen molar-refractivity contribution < 1.29 is 23.8 Å². The molecular formula is C30H33NO5. The van der Waals surface area contributed by atoms with E-state index in [1.165, 1.54) is 14.2 Å². The maximum atomic E-state index is 13.4. The van der Waals surface area contributed by atoms with Gasteiger partial charge in [0.25, 0.3) is 0 Å². The van der Waals surface area contributed by atoms with Gasteiger partial charge in [0, 0.05) is 18.5 Å². The fraction of sp³-hybridized carbons (Fsp3) is 0.333. The predicted molar refractivity (Wildman–Crippen MR) is 137 cm³/mol. The van der Waals surface area contributed by atoms with Gasteiger partial charge in [-0.05, 0) is 23.6 Å². The number of methoxy groups -OCH3 is 2. The maximum absolute atomic E-state index is 13.4. The second kappa shape index (κ2) is 12.0. The van der Waals surface area contributed by atoms with Crippen LogP contribution in [0.15, 0.2) is 91.0 Å². The van der Waals surface area contributed by atoms with Crippen LogP contribution >= 0.6 is 0 Å². The van der Waals surface area contributed by atoms with E-state index in [1.54, 1.807) is 0 Å². The first-order valence-electron chi connectivity index (χ1n) is 12.2. The lowest BCUT2D eigenvalue weighted by atomic mass is 9.81. The monoisotopic (exact) mass is 487 g/mol. The molecule has 3 aromatic rings. The standard InChI is InChI=1S/C30H33NO5/c1-21(36-20-23-15-9-5-10-16-23)25-26(29(32)34-2)27(24-17-11-6-12-18-24)31(28(25)30(33)35-3)19-22-13-7-4-8-14-22/h4-18,21,25-28H,19-20H2,1-3H3/t21-,25-,26-,27-,28-/m0/s1. The Bertz CT molecular complexity index is 1120. The van der Waals surface area contributed by atoms with Crippen LogP contribution in [-0.2, 0) is 37.0 Å². The highest BCUT2D eigenvalue weighted by molar-refractivity contribution is 5.81. The zero-order valence-corrected chi connectivity index (χ0v) is 20.9. The van der Waals surface area contributed by atoms with Crippen LogP contribution in [0.4, 0.5) is 0 Å². The largest absolute Gasteiger partial charge is 0.469 e. The summed E-state index contributed by atoms with van der Waals surface area (Å²) in [6, 6.07) is 28.5. The second-order valence-electron chi connectivity index (χ2n) is 9.11.